The van der Waals surface area contributed by atoms with Crippen LogP contribution >= 0.6 is 0 Å². The average Bonchev–Trinajstić information content (AvgIpc) is 2.85. The number of fused-ring (bicyclic) bond motifs is 2. The number of rotatable bonds is 5. The Kier molecular flexibility index (Phi) is 6.29. The maximum absolute atomic E-state index is 13.9. The van der Waals surface area contributed by atoms with E-state index in [0.29, 0.717) is 49.6 Å². The summed E-state index contributed by atoms with van der Waals surface area (Å²) >= 11 is 0. The third-order valence-corrected chi connectivity index (χ3v) is 9.35. The lowest BCUT2D eigenvalue weighted by Gasteiger charge is -2.35. The molecule has 184 valence electrons. The molecule has 1 fully saturated rings. The average molecular weight is 493 g/mol. The Morgan fingerprint density at radius 3 is 2.57 bits per heavy atom. The van der Waals surface area contributed by atoms with Crippen molar-refractivity contribution in [3.8, 4) is 5.75 Å². The van der Waals surface area contributed by atoms with E-state index in [1.165, 1.54) is 0 Å². The number of benzene rings is 2. The first-order valence-electron chi connectivity index (χ1n) is 12.1. The minimum atomic E-state index is -3.60. The van der Waals surface area contributed by atoms with Crippen molar-refractivity contribution in [1.82, 2.24) is 14.2 Å². The Hall–Kier alpha value is -2.94. The molecule has 2 aromatic carbocycles. The van der Waals surface area contributed by atoms with E-state index in [-0.39, 0.29) is 11.7 Å². The molecule has 5 rings (SSSR count). The minimum Gasteiger partial charge on any atom is -0.505 e. The van der Waals surface area contributed by atoms with Gasteiger partial charge in [-0.05, 0) is 29.7 Å². The SMILES string of the molecule is CC1CC=c2c(N(C)C)cccc2=C1S(=O)(=O)N1CCN(Cc2ccc3cccnc3c2O)CC1. The number of piperazine rings is 1. The number of nitrogens with zero attached hydrogens (tertiary/aromatic N) is 4. The zero-order chi connectivity index (χ0) is 24.7. The summed E-state index contributed by atoms with van der Waals surface area (Å²) in [5.74, 6) is 0.138. The fourth-order valence-corrected chi connectivity index (χ4v) is 7.22. The van der Waals surface area contributed by atoms with Crippen LogP contribution in [0.1, 0.15) is 18.9 Å². The Morgan fingerprint density at radius 1 is 1.06 bits per heavy atom. The molecule has 0 bridgehead atoms. The van der Waals surface area contributed by atoms with E-state index in [4.69, 9.17) is 0 Å². The smallest absolute Gasteiger partial charge is 0.240 e. The minimum absolute atomic E-state index is 0.0648. The standard InChI is InChI=1S/C27H32N4O3S/c1-19-9-12-22-23(7-4-8-24(22)29(2)3)27(19)35(33,34)31-16-14-30(15-17-31)18-21-11-10-20-6-5-13-28-25(20)26(21)32/h4-8,10-13,19,32H,9,14-18H2,1-3H3. The second-order valence-corrected chi connectivity index (χ2v) is 11.6. The summed E-state index contributed by atoms with van der Waals surface area (Å²) < 4.78 is 29.3. The highest BCUT2D eigenvalue weighted by atomic mass is 32.2. The highest BCUT2D eigenvalue weighted by Crippen LogP contribution is 2.30. The van der Waals surface area contributed by atoms with Gasteiger partial charge in [0.1, 0.15) is 11.3 Å². The molecule has 1 aliphatic heterocycles. The second kappa shape index (κ2) is 9.26. The number of sulfonamides is 1. The predicted molar refractivity (Wildman–Crippen MR) is 141 cm³/mol. The van der Waals surface area contributed by atoms with Crippen LogP contribution in [-0.4, -0.2) is 68.0 Å². The highest BCUT2D eigenvalue weighted by molar-refractivity contribution is 7.98. The van der Waals surface area contributed by atoms with Crippen molar-refractivity contribution in [2.45, 2.75) is 19.9 Å². The molecule has 2 aliphatic rings. The number of anilines is 1. The first-order valence-corrected chi connectivity index (χ1v) is 13.5. The van der Waals surface area contributed by atoms with Crippen LogP contribution in [0.5, 0.6) is 5.75 Å². The summed E-state index contributed by atoms with van der Waals surface area (Å²) in [4.78, 5) is 9.07. The molecule has 1 aliphatic carbocycles. The third-order valence-electron chi connectivity index (χ3n) is 7.13. The topological polar surface area (TPSA) is 77.0 Å². The van der Waals surface area contributed by atoms with Crippen LogP contribution in [0.25, 0.3) is 21.9 Å². The monoisotopic (exact) mass is 492 g/mol. The molecule has 0 amide bonds. The molecule has 1 aromatic heterocycles. The number of phenolic OH excluding ortho intramolecular Hbond substituents is 1. The Labute approximate surface area is 206 Å². The molecule has 0 spiro atoms. The largest absolute Gasteiger partial charge is 0.505 e. The van der Waals surface area contributed by atoms with E-state index in [1.807, 2.05) is 68.4 Å². The van der Waals surface area contributed by atoms with Crippen molar-refractivity contribution in [3.05, 3.63) is 64.7 Å². The lowest BCUT2D eigenvalue weighted by molar-refractivity contribution is 0.181. The molecule has 0 saturated carbocycles. The van der Waals surface area contributed by atoms with Gasteiger partial charge in [-0.2, -0.15) is 4.31 Å². The Morgan fingerprint density at radius 2 is 1.83 bits per heavy atom. The number of pyridine rings is 1. The molecular weight excluding hydrogens is 460 g/mol. The van der Waals surface area contributed by atoms with Crippen molar-refractivity contribution < 1.29 is 13.5 Å². The molecule has 2 heterocycles. The first kappa shape index (κ1) is 23.8. The van der Waals surface area contributed by atoms with Crippen molar-refractivity contribution in [2.24, 2.45) is 5.92 Å². The fraction of sp³-hybridized carbons (Fsp3) is 0.370. The van der Waals surface area contributed by atoms with Crippen molar-refractivity contribution >= 4 is 37.6 Å². The van der Waals surface area contributed by atoms with Gasteiger partial charge >= 0.3 is 0 Å². The molecule has 1 saturated heterocycles. The maximum Gasteiger partial charge on any atom is 0.240 e. The van der Waals surface area contributed by atoms with Crippen LogP contribution in [0.15, 0.2) is 48.7 Å². The highest BCUT2D eigenvalue weighted by Gasteiger charge is 2.34. The molecule has 1 atom stereocenters. The molecule has 7 nitrogen and oxygen atoms in total. The van der Waals surface area contributed by atoms with Crippen LogP contribution in [0.4, 0.5) is 5.69 Å². The molecule has 1 unspecified atom stereocenters. The molecular formula is C27H32N4O3S. The van der Waals surface area contributed by atoms with E-state index < -0.39 is 10.0 Å². The summed E-state index contributed by atoms with van der Waals surface area (Å²) in [5.41, 5.74) is 2.45. The van der Waals surface area contributed by atoms with E-state index in [1.54, 1.807) is 10.5 Å². The number of hydrogen-bond acceptors (Lipinski definition) is 6. The van der Waals surface area contributed by atoms with Gasteiger partial charge in [0.05, 0.1) is 4.91 Å². The molecule has 35 heavy (non-hydrogen) atoms. The summed E-state index contributed by atoms with van der Waals surface area (Å²) in [7, 11) is 0.371. The Balaban J connectivity index is 1.38. The molecule has 0 radical (unpaired) electrons. The van der Waals surface area contributed by atoms with Gasteiger partial charge < -0.3 is 10.0 Å². The number of aromatic nitrogens is 1. The molecule has 1 N–H and O–H groups in total. The normalized spacial score (nSPS) is 19.4. The maximum atomic E-state index is 13.9. The summed E-state index contributed by atoms with van der Waals surface area (Å²) in [6, 6.07) is 13.6. The lowest BCUT2D eigenvalue weighted by Crippen LogP contribution is -2.50. The summed E-state index contributed by atoms with van der Waals surface area (Å²) in [6.07, 6.45) is 4.55. The summed E-state index contributed by atoms with van der Waals surface area (Å²) in [6.45, 7) is 4.63. The fourth-order valence-electron chi connectivity index (χ4n) is 5.24. The molecule has 8 heteroatoms. The Bertz CT molecular complexity index is 1490. The quantitative estimate of drug-likeness (QED) is 0.588. The third kappa shape index (κ3) is 4.30. The van der Waals surface area contributed by atoms with Gasteiger partial charge in [0.2, 0.25) is 10.0 Å². The van der Waals surface area contributed by atoms with Gasteiger partial charge in [-0.25, -0.2) is 8.42 Å². The van der Waals surface area contributed by atoms with Gasteiger partial charge in [0, 0.05) is 74.9 Å². The predicted octanol–water partition coefficient (Wildman–Crippen LogP) is 2.08. The van der Waals surface area contributed by atoms with E-state index in [2.05, 4.69) is 16.0 Å². The number of aromatic hydroxyl groups is 1. The van der Waals surface area contributed by atoms with E-state index in [0.717, 1.165) is 27.1 Å². The molecule has 3 aromatic rings. The van der Waals surface area contributed by atoms with Crippen LogP contribution in [0.3, 0.4) is 0 Å². The van der Waals surface area contributed by atoms with E-state index >= 15 is 0 Å². The van der Waals surface area contributed by atoms with Crippen molar-refractivity contribution in [3.63, 3.8) is 0 Å². The van der Waals surface area contributed by atoms with Crippen LogP contribution in [0, 0.1) is 5.92 Å². The van der Waals surface area contributed by atoms with Crippen LogP contribution in [-0.2, 0) is 16.6 Å². The van der Waals surface area contributed by atoms with Crippen LogP contribution in [0.2, 0.25) is 0 Å². The second-order valence-electron chi connectivity index (χ2n) is 9.67. The van der Waals surface area contributed by atoms with Gasteiger partial charge in [-0.1, -0.05) is 43.3 Å². The summed E-state index contributed by atoms with van der Waals surface area (Å²) in [5, 5.41) is 13.4. The zero-order valence-corrected chi connectivity index (χ0v) is 21.3. The number of phenols is 1. The van der Waals surface area contributed by atoms with Crippen molar-refractivity contribution in [2.75, 3.05) is 45.2 Å². The van der Waals surface area contributed by atoms with Crippen molar-refractivity contribution in [1.29, 1.82) is 0 Å². The van der Waals surface area contributed by atoms with Gasteiger partial charge in [-0.15, -0.1) is 0 Å². The van der Waals surface area contributed by atoms with Gasteiger partial charge in [-0.3, -0.25) is 9.88 Å². The van der Waals surface area contributed by atoms with Gasteiger partial charge in [0.25, 0.3) is 0 Å². The van der Waals surface area contributed by atoms with Gasteiger partial charge in [0.15, 0.2) is 0 Å². The first-order chi connectivity index (χ1) is 16.8. The zero-order valence-electron chi connectivity index (χ0n) is 20.5. The van der Waals surface area contributed by atoms with E-state index in [9.17, 15) is 13.5 Å². The van der Waals surface area contributed by atoms with Crippen LogP contribution < -0.4 is 15.3 Å². The number of hydrogen-bond donors (Lipinski definition) is 1. The lowest BCUT2D eigenvalue weighted by atomic mass is 9.98.